The molecule has 18 heavy (non-hydrogen) atoms. The summed E-state index contributed by atoms with van der Waals surface area (Å²) in [6, 6.07) is 0.0559. The molecule has 1 aromatic heterocycles. The first-order valence-corrected chi connectivity index (χ1v) is 7.29. The summed E-state index contributed by atoms with van der Waals surface area (Å²) in [5.41, 5.74) is 0. The van der Waals surface area contributed by atoms with Gasteiger partial charge in [0.2, 0.25) is 5.91 Å². The van der Waals surface area contributed by atoms with E-state index in [-0.39, 0.29) is 11.9 Å². The summed E-state index contributed by atoms with van der Waals surface area (Å²) < 4.78 is 0. The number of hydrogen-bond acceptors (Lipinski definition) is 5. The van der Waals surface area contributed by atoms with Gasteiger partial charge in [0.25, 0.3) is 0 Å². The monoisotopic (exact) mass is 268 g/mol. The van der Waals surface area contributed by atoms with Gasteiger partial charge in [-0.1, -0.05) is 6.92 Å². The molecule has 1 aromatic rings. The van der Waals surface area contributed by atoms with Gasteiger partial charge in [-0.25, -0.2) is 4.98 Å². The van der Waals surface area contributed by atoms with Gasteiger partial charge in [0, 0.05) is 37.8 Å². The number of thiazole rings is 1. The van der Waals surface area contributed by atoms with Crippen molar-refractivity contribution in [1.29, 1.82) is 0 Å². The van der Waals surface area contributed by atoms with Crippen LogP contribution in [-0.4, -0.2) is 48.5 Å². The van der Waals surface area contributed by atoms with E-state index < -0.39 is 0 Å². The topological polar surface area (TPSA) is 57.3 Å². The smallest absolute Gasteiger partial charge is 0.234 e. The van der Waals surface area contributed by atoms with Crippen molar-refractivity contribution in [2.45, 2.75) is 19.4 Å². The van der Waals surface area contributed by atoms with Crippen LogP contribution in [0.15, 0.2) is 11.6 Å². The molecule has 6 heteroatoms. The van der Waals surface area contributed by atoms with Gasteiger partial charge in [0.1, 0.15) is 5.01 Å². The average molecular weight is 268 g/mol. The predicted molar refractivity (Wildman–Crippen MR) is 72.6 cm³/mol. The first-order chi connectivity index (χ1) is 8.79. The highest BCUT2D eigenvalue weighted by Gasteiger charge is 2.18. The highest BCUT2D eigenvalue weighted by atomic mass is 32.1. The maximum absolute atomic E-state index is 12.0. The molecule has 0 aromatic carbocycles. The summed E-state index contributed by atoms with van der Waals surface area (Å²) in [4.78, 5) is 18.4. The number of piperazine rings is 1. The molecule has 0 saturated carbocycles. The molecule has 1 unspecified atom stereocenters. The van der Waals surface area contributed by atoms with E-state index >= 15 is 0 Å². The molecule has 2 N–H and O–H groups in total. The molecule has 1 amide bonds. The van der Waals surface area contributed by atoms with Crippen LogP contribution in [0.2, 0.25) is 0 Å². The molecule has 5 nitrogen and oxygen atoms in total. The molecule has 1 saturated heterocycles. The van der Waals surface area contributed by atoms with Gasteiger partial charge >= 0.3 is 0 Å². The number of hydrogen-bond donors (Lipinski definition) is 2. The summed E-state index contributed by atoms with van der Waals surface area (Å²) >= 11 is 1.59. The molecule has 2 heterocycles. The molecule has 0 radical (unpaired) electrons. The van der Waals surface area contributed by atoms with Crippen LogP contribution in [0.5, 0.6) is 0 Å². The van der Waals surface area contributed by atoms with Crippen LogP contribution in [0.3, 0.4) is 0 Å². The zero-order valence-corrected chi connectivity index (χ0v) is 11.5. The molecule has 0 spiro atoms. The highest BCUT2D eigenvalue weighted by molar-refractivity contribution is 7.09. The normalized spacial score (nSPS) is 18.5. The molecule has 100 valence electrons. The van der Waals surface area contributed by atoms with Gasteiger partial charge in [-0.2, -0.15) is 0 Å². The lowest BCUT2D eigenvalue weighted by Gasteiger charge is -2.27. The Kier molecular flexibility index (Phi) is 5.10. The predicted octanol–water partition coefficient (Wildman–Crippen LogP) is 0.616. The lowest BCUT2D eigenvalue weighted by molar-refractivity contribution is -0.123. The van der Waals surface area contributed by atoms with E-state index in [1.54, 1.807) is 17.5 Å². The molecule has 1 fully saturated rings. The van der Waals surface area contributed by atoms with E-state index in [1.165, 1.54) is 0 Å². The first kappa shape index (κ1) is 13.5. The Morgan fingerprint density at radius 3 is 3.00 bits per heavy atom. The fourth-order valence-electron chi connectivity index (χ4n) is 2.06. The van der Waals surface area contributed by atoms with E-state index in [1.807, 2.05) is 5.38 Å². The second-order valence-electron chi connectivity index (χ2n) is 4.42. The van der Waals surface area contributed by atoms with Crippen molar-refractivity contribution in [3.63, 3.8) is 0 Å². The first-order valence-electron chi connectivity index (χ1n) is 6.41. The molecule has 2 rings (SSSR count). The Morgan fingerprint density at radius 2 is 2.39 bits per heavy atom. The number of amides is 1. The van der Waals surface area contributed by atoms with E-state index in [4.69, 9.17) is 0 Å². The number of nitrogens with zero attached hydrogens (tertiary/aromatic N) is 2. The summed E-state index contributed by atoms with van der Waals surface area (Å²) in [5.74, 6) is 0.0963. The van der Waals surface area contributed by atoms with Crippen molar-refractivity contribution in [2.75, 3.05) is 32.7 Å². The van der Waals surface area contributed by atoms with Crippen LogP contribution in [0.25, 0.3) is 0 Å². The summed E-state index contributed by atoms with van der Waals surface area (Å²) in [5, 5.41) is 9.28. The number of aromatic nitrogens is 1. The fourth-order valence-corrected chi connectivity index (χ4v) is 2.83. The molecule has 1 aliphatic heterocycles. The fraction of sp³-hybridized carbons (Fsp3) is 0.667. The van der Waals surface area contributed by atoms with Gasteiger partial charge in [-0.15, -0.1) is 11.3 Å². The number of carbonyl (C=O) groups excluding carboxylic acids is 1. The Hall–Kier alpha value is -0.980. The second kappa shape index (κ2) is 6.82. The Bertz CT molecular complexity index is 362. The zero-order valence-electron chi connectivity index (χ0n) is 10.7. The van der Waals surface area contributed by atoms with Gasteiger partial charge in [0.15, 0.2) is 0 Å². The van der Waals surface area contributed by atoms with Crippen molar-refractivity contribution in [1.82, 2.24) is 20.5 Å². The van der Waals surface area contributed by atoms with Crippen molar-refractivity contribution in [3.05, 3.63) is 16.6 Å². The summed E-state index contributed by atoms with van der Waals surface area (Å²) in [6.45, 7) is 6.39. The van der Waals surface area contributed by atoms with Crippen molar-refractivity contribution < 1.29 is 4.79 Å². The third-order valence-electron chi connectivity index (χ3n) is 3.07. The number of nitrogens with one attached hydrogen (secondary N) is 2. The van der Waals surface area contributed by atoms with E-state index in [2.05, 4.69) is 27.4 Å². The van der Waals surface area contributed by atoms with Gasteiger partial charge in [0.05, 0.1) is 12.6 Å². The lowest BCUT2D eigenvalue weighted by atomic mass is 10.2. The molecule has 0 bridgehead atoms. The van der Waals surface area contributed by atoms with Crippen LogP contribution in [-0.2, 0) is 4.79 Å². The minimum atomic E-state index is 0.0559. The molecule has 0 aliphatic carbocycles. The van der Waals surface area contributed by atoms with Crippen molar-refractivity contribution >= 4 is 17.2 Å². The van der Waals surface area contributed by atoms with E-state index in [0.717, 1.165) is 37.6 Å². The number of rotatable bonds is 5. The zero-order chi connectivity index (χ0) is 12.8. The van der Waals surface area contributed by atoms with E-state index in [0.29, 0.717) is 6.54 Å². The van der Waals surface area contributed by atoms with E-state index in [9.17, 15) is 4.79 Å². The summed E-state index contributed by atoms with van der Waals surface area (Å²) in [7, 11) is 0. The molecule has 1 aliphatic rings. The minimum absolute atomic E-state index is 0.0559. The number of carbonyl (C=O) groups is 1. The van der Waals surface area contributed by atoms with Gasteiger partial charge in [-0.3, -0.25) is 9.69 Å². The standard InChI is InChI=1S/C12H20N4OS/c1-2-10(12-14-5-8-18-12)15-11(17)9-16-6-3-13-4-7-16/h5,8,10,13H,2-4,6-7,9H2,1H3,(H,15,17). The molecular weight excluding hydrogens is 248 g/mol. The maximum Gasteiger partial charge on any atom is 0.234 e. The Morgan fingerprint density at radius 1 is 1.61 bits per heavy atom. The van der Waals surface area contributed by atoms with Crippen molar-refractivity contribution in [2.24, 2.45) is 0 Å². The molecular formula is C12H20N4OS. The van der Waals surface area contributed by atoms with Gasteiger partial charge < -0.3 is 10.6 Å². The largest absolute Gasteiger partial charge is 0.346 e. The van der Waals surface area contributed by atoms with Crippen LogP contribution < -0.4 is 10.6 Å². The third-order valence-corrected chi connectivity index (χ3v) is 3.96. The quantitative estimate of drug-likeness (QED) is 0.822. The summed E-state index contributed by atoms with van der Waals surface area (Å²) in [6.07, 6.45) is 2.66. The maximum atomic E-state index is 12.0. The minimum Gasteiger partial charge on any atom is -0.346 e. The average Bonchev–Trinajstić information content (AvgIpc) is 2.91. The van der Waals surface area contributed by atoms with Gasteiger partial charge in [-0.05, 0) is 6.42 Å². The van der Waals surface area contributed by atoms with Crippen LogP contribution in [0.1, 0.15) is 24.4 Å². The second-order valence-corrected chi connectivity index (χ2v) is 5.35. The molecule has 1 atom stereocenters. The Labute approximate surface area is 112 Å². The third kappa shape index (κ3) is 3.76. The highest BCUT2D eigenvalue weighted by Crippen LogP contribution is 2.18. The van der Waals surface area contributed by atoms with Crippen LogP contribution >= 0.6 is 11.3 Å². The Balaban J connectivity index is 1.82. The SMILES string of the molecule is CCC(NC(=O)CN1CCNCC1)c1nccs1. The van der Waals surface area contributed by atoms with Crippen molar-refractivity contribution in [3.8, 4) is 0 Å². The van der Waals surface area contributed by atoms with Crippen LogP contribution in [0.4, 0.5) is 0 Å². The van der Waals surface area contributed by atoms with Crippen LogP contribution in [0, 0.1) is 0 Å². The lowest BCUT2D eigenvalue weighted by Crippen LogP contribution is -2.47.